The van der Waals surface area contributed by atoms with Crippen LogP contribution in [0.1, 0.15) is 26.3 Å². The highest BCUT2D eigenvalue weighted by Crippen LogP contribution is 2.27. The van der Waals surface area contributed by atoms with E-state index in [4.69, 9.17) is 9.47 Å². The van der Waals surface area contributed by atoms with Gasteiger partial charge in [0, 0.05) is 12.3 Å². The summed E-state index contributed by atoms with van der Waals surface area (Å²) < 4.78 is 26.9. The third kappa shape index (κ3) is 3.36. The number of aromatic nitrogens is 2. The summed E-state index contributed by atoms with van der Waals surface area (Å²) in [6, 6.07) is 6.65. The molecule has 23 heavy (non-hydrogen) atoms. The molecule has 2 heterocycles. The van der Waals surface area contributed by atoms with Crippen molar-refractivity contribution in [3.63, 3.8) is 0 Å². The lowest BCUT2D eigenvalue weighted by Gasteiger charge is -2.20. The molecule has 6 heteroatoms. The zero-order valence-corrected chi connectivity index (χ0v) is 13.4. The Hall–Kier alpha value is -2.37. The predicted molar refractivity (Wildman–Crippen MR) is 83.5 cm³/mol. The van der Waals surface area contributed by atoms with Gasteiger partial charge in [0.15, 0.2) is 17.7 Å². The van der Waals surface area contributed by atoms with Crippen LogP contribution in [0, 0.1) is 5.82 Å². The van der Waals surface area contributed by atoms with Gasteiger partial charge in [-0.1, -0.05) is 26.8 Å². The monoisotopic (exact) mass is 318 g/mol. The Balaban J connectivity index is 1.65. The fourth-order valence-corrected chi connectivity index (χ4v) is 2.41. The number of fused-ring (bicyclic) bond motifs is 1. The number of ether oxygens (including phenoxy) is 2. The minimum absolute atomic E-state index is 0.117. The second-order valence-corrected chi connectivity index (χ2v) is 6.65. The summed E-state index contributed by atoms with van der Waals surface area (Å²) >= 11 is 0. The normalized spacial score (nSPS) is 16.8. The molecule has 0 bridgehead atoms. The smallest absolute Gasteiger partial charge is 0.300 e. The van der Waals surface area contributed by atoms with Crippen molar-refractivity contribution in [3.8, 4) is 11.8 Å². The van der Waals surface area contributed by atoms with Gasteiger partial charge >= 0.3 is 0 Å². The summed E-state index contributed by atoms with van der Waals surface area (Å²) in [4.78, 5) is 15.0. The molecule has 3 rings (SSSR count). The zero-order valence-electron chi connectivity index (χ0n) is 13.4. The number of benzene rings is 1. The molecule has 2 aromatic rings. The highest BCUT2D eigenvalue weighted by Gasteiger charge is 2.24. The van der Waals surface area contributed by atoms with E-state index < -0.39 is 0 Å². The topological polar surface area (TPSA) is 53.4 Å². The van der Waals surface area contributed by atoms with Crippen LogP contribution in [0.3, 0.4) is 0 Å². The van der Waals surface area contributed by atoms with Crippen molar-refractivity contribution < 1.29 is 13.9 Å². The molecule has 1 unspecified atom stereocenters. The maximum atomic E-state index is 14.1. The van der Waals surface area contributed by atoms with E-state index in [1.807, 2.05) is 26.8 Å². The van der Waals surface area contributed by atoms with E-state index in [1.165, 1.54) is 12.1 Å². The Morgan fingerprint density at radius 2 is 2.17 bits per heavy atom. The molecular formula is C17H19FN2O3. The third-order valence-corrected chi connectivity index (χ3v) is 3.74. The summed E-state index contributed by atoms with van der Waals surface area (Å²) in [5.41, 5.74) is 0.449. The van der Waals surface area contributed by atoms with Gasteiger partial charge < -0.3 is 9.47 Å². The molecule has 0 spiro atoms. The molecule has 0 radical (unpaired) electrons. The van der Waals surface area contributed by atoms with Gasteiger partial charge in [-0.25, -0.2) is 4.39 Å². The summed E-state index contributed by atoms with van der Waals surface area (Å²) in [6.07, 6.45) is 1.33. The Kier molecular flexibility index (Phi) is 3.83. The molecule has 1 aromatic carbocycles. The molecule has 1 aliphatic rings. The van der Waals surface area contributed by atoms with Crippen molar-refractivity contribution >= 4 is 0 Å². The Bertz CT molecular complexity index is 780. The largest absolute Gasteiger partial charge is 0.487 e. The van der Waals surface area contributed by atoms with Crippen molar-refractivity contribution in [1.82, 2.24) is 9.55 Å². The average Bonchev–Trinajstić information content (AvgIpc) is 2.86. The van der Waals surface area contributed by atoms with Gasteiger partial charge in [0.05, 0.1) is 6.54 Å². The van der Waals surface area contributed by atoms with E-state index >= 15 is 0 Å². The molecule has 0 N–H and O–H groups in total. The first-order chi connectivity index (χ1) is 10.8. The third-order valence-electron chi connectivity index (χ3n) is 3.74. The summed E-state index contributed by atoms with van der Waals surface area (Å²) in [5.74, 6) is -0.194. The van der Waals surface area contributed by atoms with Crippen LogP contribution in [0.15, 0.2) is 35.3 Å². The van der Waals surface area contributed by atoms with Crippen LogP contribution in [-0.4, -0.2) is 22.3 Å². The zero-order chi connectivity index (χ0) is 16.6. The second kappa shape index (κ2) is 5.68. The Morgan fingerprint density at radius 1 is 1.39 bits per heavy atom. The minimum Gasteiger partial charge on any atom is -0.487 e. The number of nitrogens with zero attached hydrogens (tertiary/aromatic N) is 2. The van der Waals surface area contributed by atoms with Crippen LogP contribution in [-0.2, 0) is 12.0 Å². The van der Waals surface area contributed by atoms with Crippen molar-refractivity contribution in [2.24, 2.45) is 0 Å². The summed E-state index contributed by atoms with van der Waals surface area (Å²) in [7, 11) is 0. The van der Waals surface area contributed by atoms with E-state index in [1.54, 1.807) is 16.8 Å². The van der Waals surface area contributed by atoms with Gasteiger partial charge in [0.25, 0.3) is 11.6 Å². The van der Waals surface area contributed by atoms with E-state index in [0.29, 0.717) is 6.54 Å². The van der Waals surface area contributed by atoms with Crippen LogP contribution in [0.4, 0.5) is 4.39 Å². The van der Waals surface area contributed by atoms with Crippen LogP contribution in [0.5, 0.6) is 11.8 Å². The lowest BCUT2D eigenvalue weighted by atomic mass is 9.87. The highest BCUT2D eigenvalue weighted by atomic mass is 19.1. The lowest BCUT2D eigenvalue weighted by molar-refractivity contribution is 0.140. The van der Waals surface area contributed by atoms with Crippen molar-refractivity contribution in [2.75, 3.05) is 6.61 Å². The molecular weight excluding hydrogens is 299 g/mol. The van der Waals surface area contributed by atoms with Crippen molar-refractivity contribution in [2.45, 2.75) is 38.8 Å². The van der Waals surface area contributed by atoms with Gasteiger partial charge in [0.2, 0.25) is 0 Å². The fourth-order valence-electron chi connectivity index (χ4n) is 2.41. The maximum absolute atomic E-state index is 14.1. The minimum atomic E-state index is -0.388. The average molecular weight is 318 g/mol. The fraction of sp³-hybridized carbons (Fsp3) is 0.412. The van der Waals surface area contributed by atoms with Crippen molar-refractivity contribution in [3.05, 3.63) is 52.2 Å². The van der Waals surface area contributed by atoms with Crippen LogP contribution >= 0.6 is 0 Å². The molecule has 122 valence electrons. The molecule has 0 aliphatic carbocycles. The predicted octanol–water partition coefficient (Wildman–Crippen LogP) is 2.52. The molecule has 0 fully saturated rings. The second-order valence-electron chi connectivity index (χ2n) is 6.65. The first kappa shape index (κ1) is 15.5. The quantitative estimate of drug-likeness (QED) is 0.872. The van der Waals surface area contributed by atoms with Gasteiger partial charge in [-0.05, 0) is 23.1 Å². The molecule has 1 aliphatic heterocycles. The first-order valence-corrected chi connectivity index (χ1v) is 7.50. The molecule has 5 nitrogen and oxygen atoms in total. The van der Waals surface area contributed by atoms with Gasteiger partial charge in [-0.2, -0.15) is 4.98 Å². The molecule has 1 aromatic heterocycles. The first-order valence-electron chi connectivity index (χ1n) is 7.50. The van der Waals surface area contributed by atoms with Gasteiger partial charge in [-0.3, -0.25) is 9.36 Å². The standard InChI is InChI=1S/C17H19FN2O3/c1-17(2,3)11-4-5-14(13(18)8-11)22-10-12-9-20-7-6-15(21)19-16(20)23-12/h4-8,12H,9-10H2,1-3H3. The van der Waals surface area contributed by atoms with Crippen LogP contribution < -0.4 is 15.0 Å². The van der Waals surface area contributed by atoms with Gasteiger partial charge in [-0.15, -0.1) is 0 Å². The Morgan fingerprint density at radius 3 is 2.87 bits per heavy atom. The van der Waals surface area contributed by atoms with Crippen molar-refractivity contribution in [1.29, 1.82) is 0 Å². The van der Waals surface area contributed by atoms with E-state index in [-0.39, 0.29) is 41.3 Å². The molecule has 1 atom stereocenters. The van der Waals surface area contributed by atoms with E-state index in [2.05, 4.69) is 4.98 Å². The summed E-state index contributed by atoms with van der Waals surface area (Å²) in [6.45, 7) is 6.79. The number of rotatable bonds is 3. The maximum Gasteiger partial charge on any atom is 0.300 e. The Labute approximate surface area is 133 Å². The number of hydrogen-bond donors (Lipinski definition) is 0. The van der Waals surface area contributed by atoms with Gasteiger partial charge in [0.1, 0.15) is 6.61 Å². The molecule has 0 saturated carbocycles. The molecule has 0 saturated heterocycles. The summed E-state index contributed by atoms with van der Waals surface area (Å²) in [5, 5.41) is 0. The van der Waals surface area contributed by atoms with Crippen LogP contribution in [0.2, 0.25) is 0 Å². The molecule has 0 amide bonds. The highest BCUT2D eigenvalue weighted by molar-refractivity contribution is 5.32. The number of halogens is 1. The van der Waals surface area contributed by atoms with E-state index in [0.717, 1.165) is 5.56 Å². The lowest BCUT2D eigenvalue weighted by Crippen LogP contribution is -2.23. The number of hydrogen-bond acceptors (Lipinski definition) is 4. The SMILES string of the molecule is CC(C)(C)c1ccc(OCC2Cn3ccc(=O)nc3O2)c(F)c1. The van der Waals surface area contributed by atoms with E-state index in [9.17, 15) is 9.18 Å². The van der Waals surface area contributed by atoms with Crippen LogP contribution in [0.25, 0.3) is 0 Å².